The molecule has 0 radical (unpaired) electrons. The van der Waals surface area contributed by atoms with Crippen molar-refractivity contribution in [1.82, 2.24) is 0 Å². The quantitative estimate of drug-likeness (QED) is 0.592. The second-order valence-electron chi connectivity index (χ2n) is 2.45. The normalized spacial score (nSPS) is 10.3. The topological polar surface area (TPSA) is 0 Å². The average Bonchev–Trinajstić information content (AvgIpc) is 2.09. The lowest BCUT2D eigenvalue weighted by atomic mass is 10.2. The average molecular weight is 296 g/mol. The van der Waals surface area contributed by atoms with Crippen molar-refractivity contribution in [3.05, 3.63) is 27.1 Å². The fraction of sp³-hybridized carbons (Fsp3) is 0.333. The van der Waals surface area contributed by atoms with Gasteiger partial charge in [0.05, 0.1) is 3.57 Å². The van der Waals surface area contributed by atoms with Gasteiger partial charge in [-0.1, -0.05) is 6.92 Å². The molecule has 0 heterocycles. The van der Waals surface area contributed by atoms with Gasteiger partial charge in [-0.25, -0.2) is 4.39 Å². The summed E-state index contributed by atoms with van der Waals surface area (Å²) in [5.41, 5.74) is 1.07. The molecule has 0 aliphatic heterocycles. The first kappa shape index (κ1) is 10.3. The van der Waals surface area contributed by atoms with E-state index in [1.54, 1.807) is 17.8 Å². The third-order valence-electron chi connectivity index (χ3n) is 1.68. The Morgan fingerprint density at radius 2 is 2.17 bits per heavy atom. The molecule has 0 unspecified atom stereocenters. The van der Waals surface area contributed by atoms with Gasteiger partial charge >= 0.3 is 0 Å². The molecule has 3 heteroatoms. The van der Waals surface area contributed by atoms with Crippen LogP contribution in [-0.4, -0.2) is 6.26 Å². The van der Waals surface area contributed by atoms with Crippen molar-refractivity contribution in [1.29, 1.82) is 0 Å². The molecule has 0 bridgehead atoms. The van der Waals surface area contributed by atoms with Gasteiger partial charge in [-0.05, 0) is 53.0 Å². The van der Waals surface area contributed by atoms with Gasteiger partial charge in [0.2, 0.25) is 0 Å². The molecule has 66 valence electrons. The maximum Gasteiger partial charge on any atom is 0.137 e. The predicted octanol–water partition coefficient (Wildman–Crippen LogP) is 3.71. The highest BCUT2D eigenvalue weighted by Gasteiger charge is 2.06. The third kappa shape index (κ3) is 2.13. The molecule has 0 saturated carbocycles. The molecule has 1 rings (SSSR count). The van der Waals surface area contributed by atoms with Crippen LogP contribution in [0.25, 0.3) is 0 Å². The van der Waals surface area contributed by atoms with Gasteiger partial charge < -0.3 is 0 Å². The van der Waals surface area contributed by atoms with Gasteiger partial charge in [-0.3, -0.25) is 0 Å². The van der Waals surface area contributed by atoms with Crippen molar-refractivity contribution in [3.63, 3.8) is 0 Å². The van der Waals surface area contributed by atoms with Crippen LogP contribution >= 0.6 is 34.4 Å². The number of benzene rings is 1. The molecule has 12 heavy (non-hydrogen) atoms. The number of aryl methyl sites for hydroxylation is 1. The first-order valence-electron chi connectivity index (χ1n) is 3.71. The zero-order valence-electron chi connectivity index (χ0n) is 7.03. The smallest absolute Gasteiger partial charge is 0.137 e. The van der Waals surface area contributed by atoms with Gasteiger partial charge in [0.15, 0.2) is 0 Å². The summed E-state index contributed by atoms with van der Waals surface area (Å²) in [6, 6.07) is 3.66. The Balaban J connectivity index is 3.19. The molecule has 0 aliphatic carbocycles. The highest BCUT2D eigenvalue weighted by atomic mass is 127. The summed E-state index contributed by atoms with van der Waals surface area (Å²) in [5, 5.41) is 0. The summed E-state index contributed by atoms with van der Waals surface area (Å²) in [6.07, 6.45) is 2.86. The Hall–Kier alpha value is 0.230. The van der Waals surface area contributed by atoms with E-state index >= 15 is 0 Å². The number of halogens is 2. The zero-order valence-corrected chi connectivity index (χ0v) is 10.00. The van der Waals surface area contributed by atoms with E-state index in [1.165, 1.54) is 0 Å². The van der Waals surface area contributed by atoms with Crippen LogP contribution in [0.3, 0.4) is 0 Å². The summed E-state index contributed by atoms with van der Waals surface area (Å²) in [4.78, 5) is 1.03. The fourth-order valence-corrected chi connectivity index (χ4v) is 2.49. The second kappa shape index (κ2) is 4.46. The Kier molecular flexibility index (Phi) is 3.83. The standard InChI is InChI=1S/C9H10FIS/c1-3-6-4-7(10)9(11)8(5-6)12-2/h4-5H,3H2,1-2H3. The highest BCUT2D eigenvalue weighted by Crippen LogP contribution is 2.26. The molecule has 0 N–H and O–H groups in total. The van der Waals surface area contributed by atoms with Crippen LogP contribution in [0, 0.1) is 9.39 Å². The molecule has 0 amide bonds. The molecule has 0 fully saturated rings. The molecule has 1 aromatic rings. The molecular weight excluding hydrogens is 286 g/mol. The largest absolute Gasteiger partial charge is 0.206 e. The minimum Gasteiger partial charge on any atom is -0.206 e. The van der Waals surface area contributed by atoms with Crippen LogP contribution in [-0.2, 0) is 6.42 Å². The minimum absolute atomic E-state index is 0.0979. The summed E-state index contributed by atoms with van der Waals surface area (Å²) in [5.74, 6) is -0.0979. The van der Waals surface area contributed by atoms with E-state index in [4.69, 9.17) is 0 Å². The SMILES string of the molecule is CCc1cc(F)c(I)c(SC)c1. The summed E-state index contributed by atoms with van der Waals surface area (Å²) >= 11 is 3.63. The van der Waals surface area contributed by atoms with E-state index in [0.29, 0.717) is 0 Å². The van der Waals surface area contributed by atoms with Crippen molar-refractivity contribution in [3.8, 4) is 0 Å². The molecular formula is C9H10FIS. The van der Waals surface area contributed by atoms with Crippen LogP contribution in [0.1, 0.15) is 12.5 Å². The Morgan fingerprint density at radius 1 is 1.50 bits per heavy atom. The number of rotatable bonds is 2. The predicted molar refractivity (Wildman–Crippen MR) is 60.3 cm³/mol. The maximum atomic E-state index is 13.2. The van der Waals surface area contributed by atoms with Crippen molar-refractivity contribution in [2.24, 2.45) is 0 Å². The first-order valence-corrected chi connectivity index (χ1v) is 6.01. The van der Waals surface area contributed by atoms with Gasteiger partial charge in [0, 0.05) is 4.90 Å². The summed E-state index contributed by atoms with van der Waals surface area (Å²) in [6.45, 7) is 2.03. The van der Waals surface area contributed by atoms with E-state index in [-0.39, 0.29) is 5.82 Å². The summed E-state index contributed by atoms with van der Waals surface area (Å²) in [7, 11) is 0. The van der Waals surface area contributed by atoms with Gasteiger partial charge in [-0.2, -0.15) is 0 Å². The maximum absolute atomic E-state index is 13.2. The fourth-order valence-electron chi connectivity index (χ4n) is 0.970. The Labute approximate surface area is 90.1 Å². The van der Waals surface area contributed by atoms with Gasteiger partial charge in [0.25, 0.3) is 0 Å². The van der Waals surface area contributed by atoms with Gasteiger partial charge in [0.1, 0.15) is 5.82 Å². The molecule has 0 aromatic heterocycles. The lowest BCUT2D eigenvalue weighted by Gasteiger charge is -2.04. The summed E-state index contributed by atoms with van der Waals surface area (Å²) < 4.78 is 13.9. The van der Waals surface area contributed by atoms with Crippen LogP contribution in [0.5, 0.6) is 0 Å². The third-order valence-corrected chi connectivity index (χ3v) is 3.91. The van der Waals surface area contributed by atoms with E-state index in [0.717, 1.165) is 20.4 Å². The van der Waals surface area contributed by atoms with Crippen molar-refractivity contribution < 1.29 is 4.39 Å². The van der Waals surface area contributed by atoms with E-state index in [2.05, 4.69) is 6.07 Å². The van der Waals surface area contributed by atoms with Crippen LogP contribution in [0.2, 0.25) is 0 Å². The number of hydrogen-bond donors (Lipinski definition) is 0. The number of thioether (sulfide) groups is 1. The van der Waals surface area contributed by atoms with E-state index < -0.39 is 0 Å². The molecule has 0 atom stereocenters. The van der Waals surface area contributed by atoms with Crippen molar-refractivity contribution in [2.45, 2.75) is 18.2 Å². The highest BCUT2D eigenvalue weighted by molar-refractivity contribution is 14.1. The number of hydrogen-bond acceptors (Lipinski definition) is 1. The second-order valence-corrected chi connectivity index (χ2v) is 4.37. The molecule has 1 aromatic carbocycles. The van der Waals surface area contributed by atoms with Crippen LogP contribution < -0.4 is 0 Å². The molecule has 0 nitrogen and oxygen atoms in total. The Morgan fingerprint density at radius 3 is 2.67 bits per heavy atom. The first-order chi connectivity index (χ1) is 5.69. The monoisotopic (exact) mass is 296 g/mol. The Bertz CT molecular complexity index is 286. The molecule has 0 aliphatic rings. The molecule has 0 saturated heterocycles. The zero-order chi connectivity index (χ0) is 9.14. The van der Waals surface area contributed by atoms with Crippen molar-refractivity contribution in [2.75, 3.05) is 6.26 Å². The van der Waals surface area contributed by atoms with Gasteiger partial charge in [-0.15, -0.1) is 11.8 Å². The van der Waals surface area contributed by atoms with E-state index in [1.807, 2.05) is 35.8 Å². The lowest BCUT2D eigenvalue weighted by molar-refractivity contribution is 0.613. The van der Waals surface area contributed by atoms with E-state index in [9.17, 15) is 4.39 Å². The minimum atomic E-state index is -0.0979. The van der Waals surface area contributed by atoms with Crippen LogP contribution in [0.4, 0.5) is 4.39 Å². The van der Waals surface area contributed by atoms with Crippen molar-refractivity contribution >= 4 is 34.4 Å². The van der Waals surface area contributed by atoms with Crippen LogP contribution in [0.15, 0.2) is 17.0 Å². The lowest BCUT2D eigenvalue weighted by Crippen LogP contribution is -1.90. The molecule has 0 spiro atoms.